The molecule has 0 saturated carbocycles. The lowest BCUT2D eigenvalue weighted by molar-refractivity contribution is -0.122. The number of fused-ring (bicyclic) bond motifs is 1. The Morgan fingerprint density at radius 1 is 1.13 bits per heavy atom. The first kappa shape index (κ1) is 19.8. The zero-order valence-corrected chi connectivity index (χ0v) is 16.4. The molecule has 1 fully saturated rings. The minimum absolute atomic E-state index is 0.0384. The predicted molar refractivity (Wildman–Crippen MR) is 110 cm³/mol. The summed E-state index contributed by atoms with van der Waals surface area (Å²) in [6.07, 6.45) is 3.83. The molecule has 1 atom stereocenters. The number of aromatic nitrogens is 2. The van der Waals surface area contributed by atoms with Crippen LogP contribution in [-0.4, -0.2) is 46.1 Å². The molecule has 156 valence electrons. The maximum Gasteiger partial charge on any atom is 0.275 e. The van der Waals surface area contributed by atoms with Crippen LogP contribution in [0.1, 0.15) is 35.1 Å². The van der Waals surface area contributed by atoms with Crippen LogP contribution in [0.2, 0.25) is 0 Å². The van der Waals surface area contributed by atoms with Crippen molar-refractivity contribution >= 4 is 22.6 Å². The molecule has 3 aromatic rings. The van der Waals surface area contributed by atoms with E-state index in [4.69, 9.17) is 10.2 Å². The molecule has 30 heavy (non-hydrogen) atoms. The van der Waals surface area contributed by atoms with E-state index in [0.717, 1.165) is 36.4 Å². The Morgan fingerprint density at radius 3 is 2.53 bits per heavy atom. The number of nitrogens with two attached hydrogens (primary N) is 1. The van der Waals surface area contributed by atoms with Crippen molar-refractivity contribution in [2.75, 3.05) is 19.6 Å². The molecule has 0 radical (unpaired) electrons. The standard InChI is InChI=1S/C21H23N5O4/c22-20(28)19-14-6-1-2-7-15(14)21(29)26(24-19)13-18(27)23-12-16(17-8-5-11-30-17)25-9-3-4-10-25/h1-2,5-8,11,16H,3-4,9-10,12-13H2,(H2,22,28)(H,23,27)/t16-/m1/s1. The fourth-order valence-electron chi connectivity index (χ4n) is 3.87. The lowest BCUT2D eigenvalue weighted by atomic mass is 10.1. The number of nitrogens with one attached hydrogen (secondary N) is 1. The molecular weight excluding hydrogens is 386 g/mol. The number of amides is 2. The topological polar surface area (TPSA) is 123 Å². The number of rotatable bonds is 7. The predicted octanol–water partition coefficient (Wildman–Crippen LogP) is 1.04. The van der Waals surface area contributed by atoms with Gasteiger partial charge in [-0.3, -0.25) is 19.3 Å². The summed E-state index contributed by atoms with van der Waals surface area (Å²) >= 11 is 0. The quantitative estimate of drug-likeness (QED) is 0.601. The van der Waals surface area contributed by atoms with E-state index in [1.54, 1.807) is 30.5 Å². The molecule has 1 aromatic carbocycles. The number of carbonyl (C=O) groups excluding carboxylic acids is 2. The van der Waals surface area contributed by atoms with Gasteiger partial charge in [-0.15, -0.1) is 0 Å². The van der Waals surface area contributed by atoms with Crippen molar-refractivity contribution in [2.24, 2.45) is 5.73 Å². The van der Waals surface area contributed by atoms with Gasteiger partial charge in [0.15, 0.2) is 5.69 Å². The highest BCUT2D eigenvalue weighted by molar-refractivity contribution is 6.04. The second kappa shape index (κ2) is 8.50. The first-order valence-electron chi connectivity index (χ1n) is 9.88. The molecule has 2 aromatic heterocycles. The highest BCUT2D eigenvalue weighted by Gasteiger charge is 2.26. The van der Waals surface area contributed by atoms with E-state index in [1.165, 1.54) is 0 Å². The summed E-state index contributed by atoms with van der Waals surface area (Å²) in [5.41, 5.74) is 4.93. The SMILES string of the molecule is NC(=O)c1nn(CC(=O)NC[C@H](c2ccco2)N2CCCC2)c(=O)c2ccccc12. The summed E-state index contributed by atoms with van der Waals surface area (Å²) in [7, 11) is 0. The molecule has 0 unspecified atom stereocenters. The van der Waals surface area contributed by atoms with Gasteiger partial charge in [0.1, 0.15) is 12.3 Å². The number of nitrogens with zero attached hydrogens (tertiary/aromatic N) is 3. The summed E-state index contributed by atoms with van der Waals surface area (Å²) in [5, 5.41) is 7.56. The van der Waals surface area contributed by atoms with Gasteiger partial charge in [-0.05, 0) is 44.1 Å². The van der Waals surface area contributed by atoms with Crippen LogP contribution in [0.25, 0.3) is 10.8 Å². The number of hydrogen-bond donors (Lipinski definition) is 2. The molecule has 3 N–H and O–H groups in total. The molecule has 0 spiro atoms. The highest BCUT2D eigenvalue weighted by Crippen LogP contribution is 2.24. The second-order valence-electron chi connectivity index (χ2n) is 7.30. The van der Waals surface area contributed by atoms with E-state index in [9.17, 15) is 14.4 Å². The van der Waals surface area contributed by atoms with E-state index in [1.807, 2.05) is 12.1 Å². The molecule has 0 bridgehead atoms. The number of furan rings is 1. The van der Waals surface area contributed by atoms with E-state index in [0.29, 0.717) is 17.3 Å². The molecule has 9 heteroatoms. The van der Waals surface area contributed by atoms with Gasteiger partial charge in [0.2, 0.25) is 5.91 Å². The third kappa shape index (κ3) is 3.97. The van der Waals surface area contributed by atoms with Crippen LogP contribution >= 0.6 is 0 Å². The maximum atomic E-state index is 12.7. The maximum absolute atomic E-state index is 12.7. The molecule has 9 nitrogen and oxygen atoms in total. The van der Waals surface area contributed by atoms with Gasteiger partial charge in [-0.1, -0.05) is 18.2 Å². The smallest absolute Gasteiger partial charge is 0.275 e. The Kier molecular flexibility index (Phi) is 5.62. The Bertz CT molecular complexity index is 1120. The minimum Gasteiger partial charge on any atom is -0.468 e. The van der Waals surface area contributed by atoms with E-state index < -0.39 is 11.5 Å². The average molecular weight is 409 g/mol. The number of benzene rings is 1. The van der Waals surface area contributed by atoms with Gasteiger partial charge in [0.25, 0.3) is 11.5 Å². The highest BCUT2D eigenvalue weighted by atomic mass is 16.3. The zero-order chi connectivity index (χ0) is 21.1. The Labute approximate surface area is 172 Å². The molecule has 1 aliphatic rings. The first-order chi connectivity index (χ1) is 14.5. The van der Waals surface area contributed by atoms with Crippen molar-refractivity contribution in [2.45, 2.75) is 25.4 Å². The molecule has 3 heterocycles. The van der Waals surface area contributed by atoms with Crippen molar-refractivity contribution in [1.82, 2.24) is 20.0 Å². The van der Waals surface area contributed by atoms with Gasteiger partial charge in [0.05, 0.1) is 17.7 Å². The molecule has 0 aliphatic carbocycles. The van der Waals surface area contributed by atoms with Crippen molar-refractivity contribution in [1.29, 1.82) is 0 Å². The fourth-order valence-corrected chi connectivity index (χ4v) is 3.87. The van der Waals surface area contributed by atoms with E-state index in [-0.39, 0.29) is 24.2 Å². The van der Waals surface area contributed by atoms with Crippen LogP contribution < -0.4 is 16.6 Å². The number of carbonyl (C=O) groups is 2. The van der Waals surface area contributed by atoms with Gasteiger partial charge in [0, 0.05) is 11.9 Å². The van der Waals surface area contributed by atoms with Crippen molar-refractivity contribution in [3.63, 3.8) is 0 Å². The summed E-state index contributed by atoms with van der Waals surface area (Å²) in [4.78, 5) is 39.4. The summed E-state index contributed by atoms with van der Waals surface area (Å²) < 4.78 is 6.54. The molecule has 2 amide bonds. The minimum atomic E-state index is -0.757. The number of likely N-dealkylation sites (tertiary alicyclic amines) is 1. The van der Waals surface area contributed by atoms with Crippen molar-refractivity contribution in [3.05, 3.63) is 64.5 Å². The largest absolute Gasteiger partial charge is 0.468 e. The van der Waals surface area contributed by atoms with E-state index in [2.05, 4.69) is 15.3 Å². The van der Waals surface area contributed by atoms with Gasteiger partial charge < -0.3 is 15.5 Å². The van der Waals surface area contributed by atoms with Gasteiger partial charge in [-0.25, -0.2) is 4.68 Å². The fraction of sp³-hybridized carbons (Fsp3) is 0.333. The molecule has 1 saturated heterocycles. The van der Waals surface area contributed by atoms with Crippen LogP contribution in [-0.2, 0) is 11.3 Å². The Hall–Kier alpha value is -3.46. The molecule has 4 rings (SSSR count). The number of hydrogen-bond acceptors (Lipinski definition) is 6. The van der Waals surface area contributed by atoms with E-state index >= 15 is 0 Å². The molecule has 1 aliphatic heterocycles. The summed E-state index contributed by atoms with van der Waals surface area (Å²) in [6.45, 7) is 1.91. The normalized spacial score (nSPS) is 15.3. The lowest BCUT2D eigenvalue weighted by Crippen LogP contribution is -2.40. The monoisotopic (exact) mass is 409 g/mol. The molecular formula is C21H23N5O4. The van der Waals surface area contributed by atoms with Crippen LogP contribution in [0.15, 0.2) is 51.9 Å². The first-order valence-corrected chi connectivity index (χ1v) is 9.88. The van der Waals surface area contributed by atoms with Crippen molar-refractivity contribution in [3.8, 4) is 0 Å². The zero-order valence-electron chi connectivity index (χ0n) is 16.4. The lowest BCUT2D eigenvalue weighted by Gasteiger charge is -2.26. The van der Waals surface area contributed by atoms with Gasteiger partial charge in [-0.2, -0.15) is 5.10 Å². The van der Waals surface area contributed by atoms with Gasteiger partial charge >= 0.3 is 0 Å². The Morgan fingerprint density at radius 2 is 1.87 bits per heavy atom. The summed E-state index contributed by atoms with van der Waals surface area (Å²) in [5.74, 6) is -0.354. The van der Waals surface area contributed by atoms with Crippen LogP contribution in [0.3, 0.4) is 0 Å². The third-order valence-corrected chi connectivity index (χ3v) is 5.34. The summed E-state index contributed by atoms with van der Waals surface area (Å²) in [6, 6.07) is 10.2. The van der Waals surface area contributed by atoms with Crippen LogP contribution in [0, 0.1) is 0 Å². The third-order valence-electron chi connectivity index (χ3n) is 5.34. The van der Waals surface area contributed by atoms with Crippen LogP contribution in [0.4, 0.5) is 0 Å². The number of primary amides is 1. The Balaban J connectivity index is 1.52. The van der Waals surface area contributed by atoms with Crippen LogP contribution in [0.5, 0.6) is 0 Å². The average Bonchev–Trinajstić information content (AvgIpc) is 3.45. The van der Waals surface area contributed by atoms with Crippen molar-refractivity contribution < 1.29 is 14.0 Å². The second-order valence-corrected chi connectivity index (χ2v) is 7.30.